The summed E-state index contributed by atoms with van der Waals surface area (Å²) in [6, 6.07) is 10.1. The van der Waals surface area contributed by atoms with E-state index in [0.29, 0.717) is 0 Å². The Morgan fingerprint density at radius 3 is 2.50 bits per heavy atom. The number of rotatable bonds is 3. The quantitative estimate of drug-likeness (QED) is 0.724. The minimum Gasteiger partial charge on any atom is -0.392 e. The summed E-state index contributed by atoms with van der Waals surface area (Å²) in [6.45, 7) is 2.21. The lowest BCUT2D eigenvalue weighted by Gasteiger charge is -2.02. The van der Waals surface area contributed by atoms with Gasteiger partial charge in [0, 0.05) is 0 Å². The van der Waals surface area contributed by atoms with Gasteiger partial charge in [-0.25, -0.2) is 0 Å². The van der Waals surface area contributed by atoms with E-state index in [4.69, 9.17) is 5.11 Å². The standard InChI is InChI=1S/C11H14O/c1-2-10(8-9-12)11-6-4-3-5-7-11/h3-8,12H,2,9H2,1H3. The molecule has 0 aliphatic heterocycles. The SMILES string of the molecule is CCC(=CCO)c1ccccc1. The van der Waals surface area contributed by atoms with Gasteiger partial charge in [-0.3, -0.25) is 0 Å². The van der Waals surface area contributed by atoms with Gasteiger partial charge < -0.3 is 5.11 Å². The molecule has 0 aliphatic rings. The zero-order chi connectivity index (χ0) is 8.81. The summed E-state index contributed by atoms with van der Waals surface area (Å²) in [5, 5.41) is 8.75. The van der Waals surface area contributed by atoms with Crippen LogP contribution in [0.25, 0.3) is 5.57 Å². The maximum atomic E-state index is 8.75. The molecular weight excluding hydrogens is 148 g/mol. The minimum atomic E-state index is 0.123. The predicted octanol–water partition coefficient (Wildman–Crippen LogP) is 2.47. The van der Waals surface area contributed by atoms with Crippen LogP contribution in [0.2, 0.25) is 0 Å². The second kappa shape index (κ2) is 4.73. The first-order chi connectivity index (χ1) is 5.88. The average molecular weight is 162 g/mol. The molecule has 0 spiro atoms. The highest BCUT2D eigenvalue weighted by atomic mass is 16.2. The molecule has 0 amide bonds. The van der Waals surface area contributed by atoms with E-state index in [9.17, 15) is 0 Å². The molecule has 0 saturated carbocycles. The van der Waals surface area contributed by atoms with Crippen molar-refractivity contribution >= 4 is 5.57 Å². The first kappa shape index (κ1) is 9.01. The van der Waals surface area contributed by atoms with Crippen molar-refractivity contribution in [1.29, 1.82) is 0 Å². The van der Waals surface area contributed by atoms with Crippen molar-refractivity contribution in [3.05, 3.63) is 42.0 Å². The molecule has 0 aliphatic carbocycles. The van der Waals surface area contributed by atoms with Crippen molar-refractivity contribution in [2.24, 2.45) is 0 Å². The van der Waals surface area contributed by atoms with E-state index in [1.54, 1.807) is 0 Å². The van der Waals surface area contributed by atoms with Crippen LogP contribution in [0.15, 0.2) is 36.4 Å². The van der Waals surface area contributed by atoms with Crippen molar-refractivity contribution in [2.45, 2.75) is 13.3 Å². The zero-order valence-electron chi connectivity index (χ0n) is 7.33. The van der Waals surface area contributed by atoms with Gasteiger partial charge in [-0.05, 0) is 17.6 Å². The Morgan fingerprint density at radius 1 is 1.33 bits per heavy atom. The van der Waals surface area contributed by atoms with Crippen molar-refractivity contribution in [3.63, 3.8) is 0 Å². The normalized spacial score (nSPS) is 11.7. The van der Waals surface area contributed by atoms with Crippen molar-refractivity contribution in [3.8, 4) is 0 Å². The highest BCUT2D eigenvalue weighted by molar-refractivity contribution is 5.65. The van der Waals surface area contributed by atoms with E-state index in [1.165, 1.54) is 11.1 Å². The summed E-state index contributed by atoms with van der Waals surface area (Å²) >= 11 is 0. The Kier molecular flexibility index (Phi) is 3.55. The Labute approximate surface area is 73.4 Å². The Balaban J connectivity index is 2.88. The largest absolute Gasteiger partial charge is 0.392 e. The van der Waals surface area contributed by atoms with Gasteiger partial charge in [-0.2, -0.15) is 0 Å². The van der Waals surface area contributed by atoms with Crippen LogP contribution in [0.5, 0.6) is 0 Å². The molecule has 12 heavy (non-hydrogen) atoms. The topological polar surface area (TPSA) is 20.2 Å². The molecule has 1 aromatic rings. The van der Waals surface area contributed by atoms with Crippen LogP contribution in [0.3, 0.4) is 0 Å². The van der Waals surface area contributed by atoms with Gasteiger partial charge in [0.1, 0.15) is 0 Å². The lowest BCUT2D eigenvalue weighted by atomic mass is 10.0. The second-order valence-corrected chi connectivity index (χ2v) is 2.63. The summed E-state index contributed by atoms with van der Waals surface area (Å²) in [6.07, 6.45) is 2.82. The molecular formula is C11H14O. The molecule has 0 bridgehead atoms. The lowest BCUT2D eigenvalue weighted by Crippen LogP contribution is -1.84. The summed E-state index contributed by atoms with van der Waals surface area (Å²) in [4.78, 5) is 0. The number of allylic oxidation sites excluding steroid dienone is 1. The van der Waals surface area contributed by atoms with Crippen LogP contribution in [-0.2, 0) is 0 Å². The molecule has 1 aromatic carbocycles. The summed E-state index contributed by atoms with van der Waals surface area (Å²) in [5.41, 5.74) is 2.41. The number of hydrogen-bond acceptors (Lipinski definition) is 1. The first-order valence-electron chi connectivity index (χ1n) is 4.23. The van der Waals surface area contributed by atoms with Crippen molar-refractivity contribution < 1.29 is 5.11 Å². The molecule has 1 rings (SSSR count). The smallest absolute Gasteiger partial charge is 0.0618 e. The lowest BCUT2D eigenvalue weighted by molar-refractivity contribution is 0.343. The minimum absolute atomic E-state index is 0.123. The number of benzene rings is 1. The molecule has 0 atom stereocenters. The van der Waals surface area contributed by atoms with Crippen molar-refractivity contribution in [2.75, 3.05) is 6.61 Å². The van der Waals surface area contributed by atoms with Crippen LogP contribution in [-0.4, -0.2) is 11.7 Å². The van der Waals surface area contributed by atoms with Crippen LogP contribution in [0.4, 0.5) is 0 Å². The maximum Gasteiger partial charge on any atom is 0.0618 e. The summed E-state index contributed by atoms with van der Waals surface area (Å²) in [5.74, 6) is 0. The molecule has 0 heterocycles. The van der Waals surface area contributed by atoms with E-state index >= 15 is 0 Å². The molecule has 1 N–H and O–H groups in total. The predicted molar refractivity (Wildman–Crippen MR) is 51.8 cm³/mol. The Bertz CT molecular complexity index is 249. The third kappa shape index (κ3) is 2.21. The van der Waals surface area contributed by atoms with E-state index in [1.807, 2.05) is 24.3 Å². The molecule has 1 heteroatoms. The maximum absolute atomic E-state index is 8.75. The van der Waals surface area contributed by atoms with Crippen LogP contribution < -0.4 is 0 Å². The molecule has 0 unspecified atom stereocenters. The van der Waals surface area contributed by atoms with Gasteiger partial charge in [0.15, 0.2) is 0 Å². The van der Waals surface area contributed by atoms with E-state index < -0.39 is 0 Å². The zero-order valence-corrected chi connectivity index (χ0v) is 7.33. The fourth-order valence-electron chi connectivity index (χ4n) is 1.23. The van der Waals surface area contributed by atoms with Crippen LogP contribution in [0, 0.1) is 0 Å². The molecule has 0 aromatic heterocycles. The average Bonchev–Trinajstić information content (AvgIpc) is 2.15. The van der Waals surface area contributed by atoms with Gasteiger partial charge in [0.05, 0.1) is 6.61 Å². The van der Waals surface area contributed by atoms with E-state index in [-0.39, 0.29) is 6.61 Å². The molecule has 1 nitrogen and oxygen atoms in total. The molecule has 0 saturated heterocycles. The van der Waals surface area contributed by atoms with E-state index in [0.717, 1.165) is 6.42 Å². The summed E-state index contributed by atoms with van der Waals surface area (Å²) < 4.78 is 0. The highest BCUT2D eigenvalue weighted by Crippen LogP contribution is 2.16. The van der Waals surface area contributed by atoms with E-state index in [2.05, 4.69) is 19.1 Å². The van der Waals surface area contributed by atoms with Crippen molar-refractivity contribution in [1.82, 2.24) is 0 Å². The monoisotopic (exact) mass is 162 g/mol. The van der Waals surface area contributed by atoms with Gasteiger partial charge in [-0.1, -0.05) is 43.3 Å². The molecule has 0 fully saturated rings. The Morgan fingerprint density at radius 2 is 2.00 bits per heavy atom. The highest BCUT2D eigenvalue weighted by Gasteiger charge is 1.95. The fraction of sp³-hybridized carbons (Fsp3) is 0.273. The van der Waals surface area contributed by atoms with Crippen LogP contribution >= 0.6 is 0 Å². The fourth-order valence-corrected chi connectivity index (χ4v) is 1.23. The molecule has 64 valence electrons. The molecule has 0 radical (unpaired) electrons. The van der Waals surface area contributed by atoms with Gasteiger partial charge in [-0.15, -0.1) is 0 Å². The second-order valence-electron chi connectivity index (χ2n) is 2.63. The number of aliphatic hydroxyl groups excluding tert-OH is 1. The first-order valence-corrected chi connectivity index (χ1v) is 4.23. The number of hydrogen-bond donors (Lipinski definition) is 1. The Hall–Kier alpha value is -1.08. The summed E-state index contributed by atoms with van der Waals surface area (Å²) in [7, 11) is 0. The number of aliphatic hydroxyl groups is 1. The third-order valence-corrected chi connectivity index (χ3v) is 1.86. The van der Waals surface area contributed by atoms with Gasteiger partial charge in [0.25, 0.3) is 0 Å². The van der Waals surface area contributed by atoms with Crippen LogP contribution in [0.1, 0.15) is 18.9 Å². The third-order valence-electron chi connectivity index (χ3n) is 1.86. The van der Waals surface area contributed by atoms with Gasteiger partial charge >= 0.3 is 0 Å². The van der Waals surface area contributed by atoms with Gasteiger partial charge in [0.2, 0.25) is 0 Å².